The Morgan fingerprint density at radius 1 is 1.29 bits per heavy atom. The third kappa shape index (κ3) is 3.16. The lowest BCUT2D eigenvalue weighted by Gasteiger charge is -2.02. The Kier molecular flexibility index (Phi) is 4.10. The van der Waals surface area contributed by atoms with Gasteiger partial charge in [0.2, 0.25) is 5.91 Å². The third-order valence-corrected chi connectivity index (χ3v) is 1.89. The molecule has 0 aliphatic heterocycles. The van der Waals surface area contributed by atoms with Crippen LogP contribution >= 0.6 is 0 Å². The maximum Gasteiger partial charge on any atom is 0.247 e. The normalized spacial score (nSPS) is 9.86. The highest BCUT2D eigenvalue weighted by molar-refractivity contribution is 5.77. The second-order valence-corrected chi connectivity index (χ2v) is 3.06. The molecule has 0 aliphatic rings. The molecule has 1 rings (SSSR count). The van der Waals surface area contributed by atoms with E-state index in [9.17, 15) is 4.79 Å². The van der Waals surface area contributed by atoms with E-state index >= 15 is 0 Å². The molecular formula is C10H14N2O2. The average molecular weight is 194 g/mol. The van der Waals surface area contributed by atoms with Gasteiger partial charge in [0.25, 0.3) is 0 Å². The van der Waals surface area contributed by atoms with Gasteiger partial charge in [-0.25, -0.2) is 5.48 Å². The summed E-state index contributed by atoms with van der Waals surface area (Å²) < 4.78 is 0. The quantitative estimate of drug-likeness (QED) is 0.482. The number of hydroxylamine groups is 1. The van der Waals surface area contributed by atoms with E-state index in [1.54, 1.807) is 5.48 Å². The van der Waals surface area contributed by atoms with Crippen LogP contribution in [0, 0.1) is 0 Å². The molecule has 76 valence electrons. The van der Waals surface area contributed by atoms with Crippen molar-refractivity contribution in [1.29, 1.82) is 0 Å². The summed E-state index contributed by atoms with van der Waals surface area (Å²) in [7, 11) is 1.88. The van der Waals surface area contributed by atoms with Gasteiger partial charge in [-0.05, 0) is 18.2 Å². The SMILES string of the molecule is CNCc1ccc(CC(=O)NO)cc1. The van der Waals surface area contributed by atoms with Gasteiger partial charge in [0, 0.05) is 6.54 Å². The number of rotatable bonds is 4. The van der Waals surface area contributed by atoms with Crippen LogP contribution in [0.2, 0.25) is 0 Å². The van der Waals surface area contributed by atoms with Crippen molar-refractivity contribution >= 4 is 5.91 Å². The van der Waals surface area contributed by atoms with Gasteiger partial charge in [0.15, 0.2) is 0 Å². The molecule has 0 fully saturated rings. The summed E-state index contributed by atoms with van der Waals surface area (Å²) >= 11 is 0. The second kappa shape index (κ2) is 5.36. The van der Waals surface area contributed by atoms with Crippen molar-refractivity contribution in [2.45, 2.75) is 13.0 Å². The number of hydrogen-bond acceptors (Lipinski definition) is 3. The van der Waals surface area contributed by atoms with Crippen LogP contribution in [0.3, 0.4) is 0 Å². The fraction of sp³-hybridized carbons (Fsp3) is 0.300. The fourth-order valence-electron chi connectivity index (χ4n) is 1.20. The number of amides is 1. The van der Waals surface area contributed by atoms with E-state index in [2.05, 4.69) is 5.32 Å². The van der Waals surface area contributed by atoms with Gasteiger partial charge in [-0.15, -0.1) is 0 Å². The molecule has 0 spiro atoms. The zero-order valence-electron chi connectivity index (χ0n) is 8.08. The van der Waals surface area contributed by atoms with Gasteiger partial charge in [-0.2, -0.15) is 0 Å². The minimum atomic E-state index is -0.397. The highest BCUT2D eigenvalue weighted by Gasteiger charge is 2.00. The van der Waals surface area contributed by atoms with Crippen LogP contribution in [0.15, 0.2) is 24.3 Å². The van der Waals surface area contributed by atoms with Crippen LogP contribution in [0.1, 0.15) is 11.1 Å². The van der Waals surface area contributed by atoms with Gasteiger partial charge < -0.3 is 5.32 Å². The van der Waals surface area contributed by atoms with Crippen LogP contribution in [0.5, 0.6) is 0 Å². The predicted molar refractivity (Wildman–Crippen MR) is 52.8 cm³/mol. The number of hydrogen-bond donors (Lipinski definition) is 3. The minimum absolute atomic E-state index is 0.205. The molecule has 0 unspecified atom stereocenters. The van der Waals surface area contributed by atoms with Crippen LogP contribution in [-0.2, 0) is 17.8 Å². The van der Waals surface area contributed by atoms with Gasteiger partial charge in [-0.1, -0.05) is 24.3 Å². The highest BCUT2D eigenvalue weighted by Crippen LogP contribution is 2.04. The van der Waals surface area contributed by atoms with Crippen molar-refractivity contribution in [2.24, 2.45) is 0 Å². The molecule has 1 aromatic carbocycles. The first kappa shape index (κ1) is 10.7. The molecule has 0 aromatic heterocycles. The Bertz CT molecular complexity index is 295. The molecular weight excluding hydrogens is 180 g/mol. The van der Waals surface area contributed by atoms with Crippen molar-refractivity contribution in [2.75, 3.05) is 7.05 Å². The molecule has 0 heterocycles. The lowest BCUT2D eigenvalue weighted by atomic mass is 10.1. The molecule has 4 heteroatoms. The predicted octanol–water partition coefficient (Wildman–Crippen LogP) is 0.454. The van der Waals surface area contributed by atoms with Crippen molar-refractivity contribution < 1.29 is 10.0 Å². The Morgan fingerprint density at radius 3 is 2.36 bits per heavy atom. The monoisotopic (exact) mass is 194 g/mol. The first-order valence-electron chi connectivity index (χ1n) is 4.41. The number of carbonyl (C=O) groups is 1. The number of benzene rings is 1. The van der Waals surface area contributed by atoms with E-state index in [1.807, 2.05) is 31.3 Å². The molecule has 0 saturated carbocycles. The summed E-state index contributed by atoms with van der Waals surface area (Å²) in [6.45, 7) is 0.812. The summed E-state index contributed by atoms with van der Waals surface area (Å²) in [5.41, 5.74) is 3.65. The van der Waals surface area contributed by atoms with Crippen LogP contribution in [-0.4, -0.2) is 18.2 Å². The maximum absolute atomic E-state index is 10.8. The molecule has 14 heavy (non-hydrogen) atoms. The van der Waals surface area contributed by atoms with Gasteiger partial charge in [-0.3, -0.25) is 10.0 Å². The first-order chi connectivity index (χ1) is 6.76. The van der Waals surface area contributed by atoms with Crippen molar-refractivity contribution in [3.63, 3.8) is 0 Å². The van der Waals surface area contributed by atoms with E-state index in [-0.39, 0.29) is 6.42 Å². The van der Waals surface area contributed by atoms with Crippen LogP contribution in [0.25, 0.3) is 0 Å². The molecule has 4 nitrogen and oxygen atoms in total. The Hall–Kier alpha value is -1.39. The van der Waals surface area contributed by atoms with E-state index in [0.29, 0.717) is 0 Å². The van der Waals surface area contributed by atoms with Crippen molar-refractivity contribution in [3.8, 4) is 0 Å². The van der Waals surface area contributed by atoms with Gasteiger partial charge >= 0.3 is 0 Å². The van der Waals surface area contributed by atoms with Gasteiger partial charge in [0.05, 0.1) is 6.42 Å². The number of carbonyl (C=O) groups excluding carboxylic acids is 1. The average Bonchev–Trinajstić information content (AvgIpc) is 2.21. The lowest BCUT2D eigenvalue weighted by molar-refractivity contribution is -0.128. The Balaban J connectivity index is 2.59. The van der Waals surface area contributed by atoms with Crippen LogP contribution < -0.4 is 10.8 Å². The smallest absolute Gasteiger partial charge is 0.247 e. The largest absolute Gasteiger partial charge is 0.316 e. The molecule has 0 saturated heterocycles. The first-order valence-corrected chi connectivity index (χ1v) is 4.41. The zero-order valence-corrected chi connectivity index (χ0v) is 8.08. The molecule has 0 bridgehead atoms. The minimum Gasteiger partial charge on any atom is -0.316 e. The molecule has 0 radical (unpaired) electrons. The lowest BCUT2D eigenvalue weighted by Crippen LogP contribution is -2.20. The Morgan fingerprint density at radius 2 is 1.86 bits per heavy atom. The molecule has 0 atom stereocenters. The summed E-state index contributed by atoms with van der Waals surface area (Å²) in [5.74, 6) is -0.397. The Labute approximate surface area is 82.9 Å². The zero-order chi connectivity index (χ0) is 10.4. The standard InChI is InChI=1S/C10H14N2O2/c1-11-7-9-4-2-8(3-5-9)6-10(13)12-14/h2-5,11,14H,6-7H2,1H3,(H,12,13). The van der Waals surface area contributed by atoms with E-state index in [0.717, 1.165) is 12.1 Å². The topological polar surface area (TPSA) is 61.4 Å². The van der Waals surface area contributed by atoms with Gasteiger partial charge in [0.1, 0.15) is 0 Å². The van der Waals surface area contributed by atoms with E-state index in [1.165, 1.54) is 5.56 Å². The summed E-state index contributed by atoms with van der Waals surface area (Å²) in [5, 5.41) is 11.4. The van der Waals surface area contributed by atoms with E-state index < -0.39 is 5.91 Å². The van der Waals surface area contributed by atoms with E-state index in [4.69, 9.17) is 5.21 Å². The third-order valence-electron chi connectivity index (χ3n) is 1.89. The van der Waals surface area contributed by atoms with Crippen LogP contribution in [0.4, 0.5) is 0 Å². The number of nitrogens with one attached hydrogen (secondary N) is 2. The molecule has 0 aliphatic carbocycles. The highest BCUT2D eigenvalue weighted by atomic mass is 16.5. The molecule has 3 N–H and O–H groups in total. The van der Waals surface area contributed by atoms with Crippen molar-refractivity contribution in [3.05, 3.63) is 35.4 Å². The summed E-state index contributed by atoms with van der Waals surface area (Å²) in [6.07, 6.45) is 0.205. The summed E-state index contributed by atoms with van der Waals surface area (Å²) in [6, 6.07) is 7.66. The van der Waals surface area contributed by atoms with Crippen molar-refractivity contribution in [1.82, 2.24) is 10.8 Å². The molecule has 1 aromatic rings. The molecule has 1 amide bonds. The second-order valence-electron chi connectivity index (χ2n) is 3.06. The fourth-order valence-corrected chi connectivity index (χ4v) is 1.20. The maximum atomic E-state index is 10.8. The summed E-state index contributed by atoms with van der Waals surface area (Å²) in [4.78, 5) is 10.8.